The maximum Gasteiger partial charge on any atom is 0.421 e. The topological polar surface area (TPSA) is 118 Å². The third-order valence-corrected chi connectivity index (χ3v) is 9.49. The van der Waals surface area contributed by atoms with E-state index in [-0.39, 0.29) is 17.1 Å². The molecule has 1 saturated carbocycles. The largest absolute Gasteiger partial charge is 0.421 e. The highest BCUT2D eigenvalue weighted by molar-refractivity contribution is 7.90. The van der Waals surface area contributed by atoms with Crippen LogP contribution in [0.3, 0.4) is 0 Å². The number of alkyl halides is 3. The summed E-state index contributed by atoms with van der Waals surface area (Å²) >= 11 is 1.29. The normalized spacial score (nSPS) is 17.0. The summed E-state index contributed by atoms with van der Waals surface area (Å²) in [5.74, 6) is 0.243. The monoisotopic (exact) mass is 548 g/mol. The van der Waals surface area contributed by atoms with E-state index in [2.05, 4.69) is 14.7 Å². The van der Waals surface area contributed by atoms with Gasteiger partial charge in [-0.3, -0.25) is 4.98 Å². The predicted octanol–water partition coefficient (Wildman–Crippen LogP) is 4.88. The number of benzene rings is 1. The lowest BCUT2D eigenvalue weighted by molar-refractivity contribution is -0.258. The number of sulfonamides is 1. The first-order chi connectivity index (χ1) is 17.4. The van der Waals surface area contributed by atoms with E-state index >= 15 is 0 Å². The van der Waals surface area contributed by atoms with E-state index in [1.165, 1.54) is 23.6 Å². The van der Waals surface area contributed by atoms with Gasteiger partial charge in [0.05, 0.1) is 22.7 Å². The standard InChI is InChI=1S/C25H23F3N4O3S2/c1-24(33,25(26,27)28)15-10-11-30-19(13-15)17-5-2-4-14-12-20(36-23(14)17)22(18-6-3-7-21(29)31-18)32-37(34,35)16-8-9-16/h2-7,10-13,16,22,32-33H,8-9H2,1H3,(H2,29,31)/t22?,24-/m1/s1. The fourth-order valence-corrected chi connectivity index (χ4v) is 6.85. The summed E-state index contributed by atoms with van der Waals surface area (Å²) < 4.78 is 69.5. The molecule has 12 heteroatoms. The quantitative estimate of drug-likeness (QED) is 0.303. The van der Waals surface area contributed by atoms with Gasteiger partial charge in [0.1, 0.15) is 5.82 Å². The van der Waals surface area contributed by atoms with E-state index in [1.807, 2.05) is 12.1 Å². The highest BCUT2D eigenvalue weighted by atomic mass is 32.2. The number of nitrogen functional groups attached to an aromatic ring is 1. The number of hydrogen-bond donors (Lipinski definition) is 3. The van der Waals surface area contributed by atoms with Gasteiger partial charge in [0, 0.05) is 21.3 Å². The van der Waals surface area contributed by atoms with Gasteiger partial charge in [-0.2, -0.15) is 13.2 Å². The van der Waals surface area contributed by atoms with Crippen molar-refractivity contribution in [2.75, 3.05) is 5.73 Å². The van der Waals surface area contributed by atoms with Crippen LogP contribution >= 0.6 is 11.3 Å². The molecular formula is C25H23F3N4O3S2. The van der Waals surface area contributed by atoms with Crippen LogP contribution in [0.25, 0.3) is 21.3 Å². The van der Waals surface area contributed by atoms with Gasteiger partial charge in [-0.25, -0.2) is 18.1 Å². The van der Waals surface area contributed by atoms with Crippen LogP contribution in [0, 0.1) is 0 Å². The summed E-state index contributed by atoms with van der Waals surface area (Å²) in [7, 11) is -3.60. The molecule has 5 rings (SSSR count). The van der Waals surface area contributed by atoms with E-state index in [4.69, 9.17) is 5.73 Å². The maximum atomic E-state index is 13.4. The van der Waals surface area contributed by atoms with Crippen molar-refractivity contribution in [1.29, 1.82) is 0 Å². The van der Waals surface area contributed by atoms with Crippen molar-refractivity contribution in [3.8, 4) is 11.3 Å². The zero-order valence-electron chi connectivity index (χ0n) is 19.5. The Labute approximate surface area is 215 Å². The second kappa shape index (κ2) is 9.05. The van der Waals surface area contributed by atoms with Crippen molar-refractivity contribution >= 4 is 37.3 Å². The van der Waals surface area contributed by atoms with Crippen LogP contribution in [0.1, 0.15) is 41.9 Å². The van der Waals surface area contributed by atoms with Crippen LogP contribution in [-0.2, 0) is 15.6 Å². The Morgan fingerprint density at radius 1 is 1.14 bits per heavy atom. The minimum absolute atomic E-state index is 0.243. The molecule has 3 aromatic heterocycles. The van der Waals surface area contributed by atoms with Gasteiger partial charge < -0.3 is 10.8 Å². The van der Waals surface area contributed by atoms with Crippen LogP contribution < -0.4 is 10.5 Å². The third-order valence-electron chi connectivity index (χ3n) is 6.33. The number of nitrogens with zero attached hydrogens (tertiary/aromatic N) is 2. The number of nitrogens with one attached hydrogen (secondary N) is 1. The second-order valence-electron chi connectivity index (χ2n) is 9.15. The summed E-state index contributed by atoms with van der Waals surface area (Å²) in [6, 6.07) is 13.6. The van der Waals surface area contributed by atoms with Gasteiger partial charge >= 0.3 is 6.18 Å². The predicted molar refractivity (Wildman–Crippen MR) is 136 cm³/mol. The smallest absolute Gasteiger partial charge is 0.384 e. The van der Waals surface area contributed by atoms with Gasteiger partial charge in [0.25, 0.3) is 0 Å². The van der Waals surface area contributed by atoms with Gasteiger partial charge in [-0.05, 0) is 61.0 Å². The number of pyridine rings is 2. The van der Waals surface area contributed by atoms with E-state index in [0.717, 1.165) is 11.5 Å². The first kappa shape index (κ1) is 25.6. The van der Waals surface area contributed by atoms with Crippen molar-refractivity contribution in [3.63, 3.8) is 0 Å². The molecule has 1 aliphatic carbocycles. The summed E-state index contributed by atoms with van der Waals surface area (Å²) in [5.41, 5.74) is 3.72. The van der Waals surface area contributed by atoms with Crippen molar-refractivity contribution in [3.05, 3.63) is 76.9 Å². The van der Waals surface area contributed by atoms with Crippen LogP contribution in [0.4, 0.5) is 19.0 Å². The molecule has 4 aromatic rings. The highest BCUT2D eigenvalue weighted by Gasteiger charge is 2.51. The highest BCUT2D eigenvalue weighted by Crippen LogP contribution is 2.42. The number of rotatable bonds is 7. The average Bonchev–Trinajstić information content (AvgIpc) is 3.62. The van der Waals surface area contributed by atoms with Crippen LogP contribution in [0.2, 0.25) is 0 Å². The minimum Gasteiger partial charge on any atom is -0.384 e. The molecule has 1 aliphatic rings. The number of hydrogen-bond acceptors (Lipinski definition) is 7. The molecule has 0 bridgehead atoms. The van der Waals surface area contributed by atoms with E-state index in [0.29, 0.717) is 40.6 Å². The first-order valence-electron chi connectivity index (χ1n) is 11.4. The Bertz CT molecular complexity index is 1580. The number of fused-ring (bicyclic) bond motifs is 1. The van der Waals surface area contributed by atoms with E-state index < -0.39 is 33.1 Å². The third kappa shape index (κ3) is 4.93. The fourth-order valence-electron chi connectivity index (χ4n) is 4.00. The van der Waals surface area contributed by atoms with Crippen molar-refractivity contribution in [2.24, 2.45) is 0 Å². The molecule has 37 heavy (non-hydrogen) atoms. The van der Waals surface area contributed by atoms with Crippen molar-refractivity contribution in [1.82, 2.24) is 14.7 Å². The number of nitrogens with two attached hydrogens (primary N) is 1. The number of halogens is 3. The molecule has 1 unspecified atom stereocenters. The van der Waals surface area contributed by atoms with E-state index in [1.54, 1.807) is 30.3 Å². The lowest BCUT2D eigenvalue weighted by atomic mass is 9.94. The lowest BCUT2D eigenvalue weighted by Gasteiger charge is -2.26. The Balaban J connectivity index is 1.61. The molecule has 4 N–H and O–H groups in total. The van der Waals surface area contributed by atoms with Crippen LogP contribution in [-0.4, -0.2) is 34.9 Å². The molecule has 0 amide bonds. The lowest BCUT2D eigenvalue weighted by Crippen LogP contribution is -2.39. The zero-order valence-corrected chi connectivity index (χ0v) is 21.2. The summed E-state index contributed by atoms with van der Waals surface area (Å²) in [6.45, 7) is 0.699. The molecule has 194 valence electrons. The summed E-state index contributed by atoms with van der Waals surface area (Å²) in [6.07, 6.45) is -2.47. The van der Waals surface area contributed by atoms with E-state index in [9.17, 15) is 26.7 Å². The molecule has 0 saturated heterocycles. The molecule has 1 fully saturated rings. The zero-order chi connectivity index (χ0) is 26.6. The molecular weight excluding hydrogens is 525 g/mol. The molecule has 2 atom stereocenters. The fraction of sp³-hybridized carbons (Fsp3) is 0.280. The van der Waals surface area contributed by atoms with Gasteiger partial charge in [0.15, 0.2) is 5.60 Å². The van der Waals surface area contributed by atoms with Crippen molar-refractivity contribution < 1.29 is 26.7 Å². The molecule has 0 spiro atoms. The van der Waals surface area contributed by atoms with Crippen LogP contribution in [0.5, 0.6) is 0 Å². The molecule has 0 radical (unpaired) electrons. The maximum absolute atomic E-state index is 13.4. The Kier molecular flexibility index (Phi) is 6.26. The number of aliphatic hydroxyl groups is 1. The van der Waals surface area contributed by atoms with Gasteiger partial charge in [-0.1, -0.05) is 24.3 Å². The second-order valence-corrected chi connectivity index (χ2v) is 12.2. The SMILES string of the molecule is C[C@@](O)(c1ccnc(-c2cccc3cc(C(NS(=O)(=O)C4CC4)c4cccc(N)n4)sc23)c1)C(F)(F)F. The molecule has 7 nitrogen and oxygen atoms in total. The first-order valence-corrected chi connectivity index (χ1v) is 13.7. The number of thiophene rings is 1. The summed E-state index contributed by atoms with van der Waals surface area (Å²) in [5, 5.41) is 10.5. The summed E-state index contributed by atoms with van der Waals surface area (Å²) in [4.78, 5) is 9.24. The Hall–Kier alpha value is -3.06. The van der Waals surface area contributed by atoms with Gasteiger partial charge in [0.2, 0.25) is 10.0 Å². The van der Waals surface area contributed by atoms with Gasteiger partial charge in [-0.15, -0.1) is 11.3 Å². The minimum atomic E-state index is -4.87. The number of aromatic nitrogens is 2. The number of anilines is 1. The molecule has 3 heterocycles. The Morgan fingerprint density at radius 2 is 1.86 bits per heavy atom. The average molecular weight is 549 g/mol. The molecule has 1 aromatic carbocycles. The van der Waals surface area contributed by atoms with Crippen LogP contribution in [0.15, 0.2) is 60.8 Å². The van der Waals surface area contributed by atoms with Crippen molar-refractivity contribution in [2.45, 2.75) is 42.8 Å². The molecule has 0 aliphatic heterocycles. The Morgan fingerprint density at radius 3 is 2.54 bits per heavy atom.